The van der Waals surface area contributed by atoms with Crippen molar-refractivity contribution in [3.63, 3.8) is 0 Å². The molecule has 1 aliphatic heterocycles. The SMILES string of the molecule is O=c1c2c(-c3ccco3)csc2nc(SC[C@H]2CCCO2)n1-c1ccccc1. The van der Waals surface area contributed by atoms with Crippen LogP contribution < -0.4 is 5.56 Å². The van der Waals surface area contributed by atoms with Gasteiger partial charge in [0.25, 0.3) is 5.56 Å². The predicted molar refractivity (Wildman–Crippen MR) is 113 cm³/mol. The summed E-state index contributed by atoms with van der Waals surface area (Å²) in [6.45, 7) is 0.820. The largest absolute Gasteiger partial charge is 0.464 e. The van der Waals surface area contributed by atoms with Gasteiger partial charge in [0, 0.05) is 23.3 Å². The summed E-state index contributed by atoms with van der Waals surface area (Å²) in [6.07, 6.45) is 4.00. The number of furan rings is 1. The van der Waals surface area contributed by atoms with Crippen LogP contribution in [0.1, 0.15) is 12.8 Å². The van der Waals surface area contributed by atoms with Gasteiger partial charge in [-0.15, -0.1) is 11.3 Å². The van der Waals surface area contributed by atoms with E-state index in [1.165, 1.54) is 11.3 Å². The minimum absolute atomic E-state index is 0.0707. The quantitative estimate of drug-likeness (QED) is 0.343. The van der Waals surface area contributed by atoms with Crippen molar-refractivity contribution in [1.29, 1.82) is 0 Å². The van der Waals surface area contributed by atoms with Crippen LogP contribution in [-0.2, 0) is 4.74 Å². The molecule has 0 radical (unpaired) electrons. The number of thiophene rings is 1. The van der Waals surface area contributed by atoms with Crippen molar-refractivity contribution in [3.8, 4) is 17.0 Å². The highest BCUT2D eigenvalue weighted by molar-refractivity contribution is 7.99. The minimum Gasteiger partial charge on any atom is -0.464 e. The molecule has 0 saturated carbocycles. The Kier molecular flexibility index (Phi) is 4.80. The lowest BCUT2D eigenvalue weighted by molar-refractivity contribution is 0.129. The van der Waals surface area contributed by atoms with Gasteiger partial charge in [-0.2, -0.15) is 0 Å². The van der Waals surface area contributed by atoms with Gasteiger partial charge in [-0.05, 0) is 37.1 Å². The first kappa shape index (κ1) is 17.7. The lowest BCUT2D eigenvalue weighted by Crippen LogP contribution is -2.22. The Morgan fingerprint density at radius 3 is 2.86 bits per heavy atom. The smallest absolute Gasteiger partial charge is 0.268 e. The van der Waals surface area contributed by atoms with Crippen molar-refractivity contribution in [2.75, 3.05) is 12.4 Å². The molecule has 0 unspecified atom stereocenters. The van der Waals surface area contributed by atoms with E-state index in [1.807, 2.05) is 47.8 Å². The first-order valence-electron chi connectivity index (χ1n) is 9.19. The molecule has 1 saturated heterocycles. The maximum atomic E-state index is 13.6. The molecule has 1 aliphatic rings. The summed E-state index contributed by atoms with van der Waals surface area (Å²) in [4.78, 5) is 19.2. The number of rotatable bonds is 5. The van der Waals surface area contributed by atoms with Gasteiger partial charge in [-0.25, -0.2) is 4.98 Å². The lowest BCUT2D eigenvalue weighted by Gasteiger charge is -2.14. The average molecular weight is 411 g/mol. The number of aromatic nitrogens is 2. The van der Waals surface area contributed by atoms with Gasteiger partial charge in [0.05, 0.1) is 23.4 Å². The monoisotopic (exact) mass is 410 g/mol. The molecule has 7 heteroatoms. The second-order valence-corrected chi connectivity index (χ2v) is 8.47. The van der Waals surface area contributed by atoms with Gasteiger partial charge in [0.2, 0.25) is 0 Å². The normalized spacial score (nSPS) is 16.8. The highest BCUT2D eigenvalue weighted by atomic mass is 32.2. The Hall–Kier alpha value is -2.35. The number of para-hydroxylation sites is 1. The van der Waals surface area contributed by atoms with Crippen molar-refractivity contribution in [1.82, 2.24) is 9.55 Å². The molecule has 5 nitrogen and oxygen atoms in total. The summed E-state index contributed by atoms with van der Waals surface area (Å²) in [5, 5.41) is 3.25. The first-order chi connectivity index (χ1) is 13.8. The van der Waals surface area contributed by atoms with E-state index >= 15 is 0 Å². The van der Waals surface area contributed by atoms with E-state index in [0.29, 0.717) is 16.3 Å². The molecule has 0 bridgehead atoms. The Morgan fingerprint density at radius 1 is 1.21 bits per heavy atom. The van der Waals surface area contributed by atoms with Gasteiger partial charge >= 0.3 is 0 Å². The highest BCUT2D eigenvalue weighted by Gasteiger charge is 2.21. The summed E-state index contributed by atoms with van der Waals surface area (Å²) in [5.41, 5.74) is 1.54. The fourth-order valence-corrected chi connectivity index (χ4v) is 5.48. The van der Waals surface area contributed by atoms with Crippen LogP contribution in [-0.4, -0.2) is 28.0 Å². The van der Waals surface area contributed by atoms with Crippen LogP contribution in [0, 0.1) is 0 Å². The van der Waals surface area contributed by atoms with Crippen LogP contribution in [0.15, 0.2) is 68.5 Å². The van der Waals surface area contributed by atoms with E-state index in [9.17, 15) is 4.79 Å². The zero-order valence-corrected chi connectivity index (χ0v) is 16.7. The first-order valence-corrected chi connectivity index (χ1v) is 11.1. The zero-order valence-electron chi connectivity index (χ0n) is 15.0. The van der Waals surface area contributed by atoms with Crippen molar-refractivity contribution < 1.29 is 9.15 Å². The number of thioether (sulfide) groups is 1. The Morgan fingerprint density at radius 2 is 2.11 bits per heavy atom. The summed E-state index contributed by atoms with van der Waals surface area (Å²) >= 11 is 3.06. The molecule has 1 fully saturated rings. The molecule has 28 heavy (non-hydrogen) atoms. The standard InChI is InChI=1S/C21H18N2O3S2/c24-20-18-16(17-9-5-11-26-17)13-27-19(18)22-21(28-12-15-8-4-10-25-15)23(20)14-6-2-1-3-7-14/h1-3,5-7,9,11,13,15H,4,8,10,12H2/t15-/m1/s1. The van der Waals surface area contributed by atoms with E-state index in [1.54, 1.807) is 22.6 Å². The van der Waals surface area contributed by atoms with E-state index < -0.39 is 0 Å². The molecule has 3 aromatic heterocycles. The van der Waals surface area contributed by atoms with Crippen LogP contribution in [0.2, 0.25) is 0 Å². The molecule has 1 aromatic carbocycles. The predicted octanol–water partition coefficient (Wildman–Crippen LogP) is 4.98. The van der Waals surface area contributed by atoms with Crippen LogP contribution in [0.5, 0.6) is 0 Å². The van der Waals surface area contributed by atoms with Crippen LogP contribution in [0.25, 0.3) is 27.2 Å². The number of hydrogen-bond acceptors (Lipinski definition) is 6. The third-order valence-electron chi connectivity index (χ3n) is 4.80. The molecule has 0 N–H and O–H groups in total. The molecular formula is C21H18N2O3S2. The second kappa shape index (κ2) is 7.58. The van der Waals surface area contributed by atoms with Gasteiger partial charge in [-0.1, -0.05) is 30.0 Å². The summed E-state index contributed by atoms with van der Waals surface area (Å²) in [5.74, 6) is 1.48. The van der Waals surface area contributed by atoms with E-state index in [-0.39, 0.29) is 11.7 Å². The minimum atomic E-state index is -0.0707. The third-order valence-corrected chi connectivity index (χ3v) is 6.74. The molecule has 5 rings (SSSR count). The van der Waals surface area contributed by atoms with Crippen LogP contribution in [0.4, 0.5) is 0 Å². The maximum Gasteiger partial charge on any atom is 0.268 e. The van der Waals surface area contributed by atoms with Crippen molar-refractivity contribution in [2.45, 2.75) is 24.1 Å². The van der Waals surface area contributed by atoms with Gasteiger partial charge < -0.3 is 9.15 Å². The summed E-state index contributed by atoms with van der Waals surface area (Å²) in [7, 11) is 0. The number of nitrogens with zero attached hydrogens (tertiary/aromatic N) is 2. The number of fused-ring (bicyclic) bond motifs is 1. The Bertz CT molecular complexity index is 1140. The fourth-order valence-electron chi connectivity index (χ4n) is 3.43. The topological polar surface area (TPSA) is 57.3 Å². The van der Waals surface area contributed by atoms with Crippen molar-refractivity contribution >= 4 is 33.3 Å². The van der Waals surface area contributed by atoms with Crippen molar-refractivity contribution in [3.05, 3.63) is 64.5 Å². The molecular weight excluding hydrogens is 392 g/mol. The average Bonchev–Trinajstić information content (AvgIpc) is 3.47. The van der Waals surface area contributed by atoms with Gasteiger partial charge in [-0.3, -0.25) is 9.36 Å². The van der Waals surface area contributed by atoms with Gasteiger partial charge in [0.15, 0.2) is 5.16 Å². The Labute approximate surface area is 170 Å². The van der Waals surface area contributed by atoms with E-state index in [0.717, 1.165) is 41.3 Å². The number of hydrogen-bond donors (Lipinski definition) is 0. The zero-order chi connectivity index (χ0) is 18.9. The second-order valence-electron chi connectivity index (χ2n) is 6.62. The van der Waals surface area contributed by atoms with Crippen molar-refractivity contribution in [2.24, 2.45) is 0 Å². The summed E-state index contributed by atoms with van der Waals surface area (Å²) in [6, 6.07) is 13.4. The molecule has 0 aliphatic carbocycles. The van der Waals surface area contributed by atoms with Crippen LogP contribution >= 0.6 is 23.1 Å². The third kappa shape index (κ3) is 3.19. The lowest BCUT2D eigenvalue weighted by atomic mass is 10.2. The highest BCUT2D eigenvalue weighted by Crippen LogP contribution is 2.33. The van der Waals surface area contributed by atoms with E-state index in [4.69, 9.17) is 14.1 Å². The molecule has 0 amide bonds. The van der Waals surface area contributed by atoms with E-state index in [2.05, 4.69) is 0 Å². The Balaban J connectivity index is 1.66. The molecule has 1 atom stereocenters. The summed E-state index contributed by atoms with van der Waals surface area (Å²) < 4.78 is 13.0. The maximum absolute atomic E-state index is 13.6. The molecule has 4 aromatic rings. The molecule has 142 valence electrons. The number of benzene rings is 1. The van der Waals surface area contributed by atoms with Crippen LogP contribution in [0.3, 0.4) is 0 Å². The number of ether oxygens (including phenoxy) is 1. The van der Waals surface area contributed by atoms with Gasteiger partial charge in [0.1, 0.15) is 10.6 Å². The fraction of sp³-hybridized carbons (Fsp3) is 0.238. The molecule has 4 heterocycles. The molecule has 0 spiro atoms.